The summed E-state index contributed by atoms with van der Waals surface area (Å²) < 4.78 is 0. The van der Waals surface area contributed by atoms with Crippen molar-refractivity contribution in [3.63, 3.8) is 0 Å². The van der Waals surface area contributed by atoms with E-state index in [4.69, 9.17) is 6.42 Å². The molecule has 1 aromatic carbocycles. The molecule has 3 aliphatic carbocycles. The minimum absolute atomic E-state index is 0.113. The van der Waals surface area contributed by atoms with Gasteiger partial charge in [0.15, 0.2) is 0 Å². The number of aliphatic hydroxyl groups excluding tert-OH is 1. The van der Waals surface area contributed by atoms with Crippen molar-refractivity contribution in [3.05, 3.63) is 28.8 Å². The normalized spacial score (nSPS) is 38.3. The van der Waals surface area contributed by atoms with Crippen LogP contribution in [0.25, 0.3) is 0 Å². The molecule has 2 N–H and O–H groups in total. The van der Waals surface area contributed by atoms with Gasteiger partial charge in [-0.05, 0) is 90.5 Å². The summed E-state index contributed by atoms with van der Waals surface area (Å²) in [5.74, 6) is 4.98. The van der Waals surface area contributed by atoms with Crippen molar-refractivity contribution >= 4 is 0 Å². The maximum absolute atomic E-state index is 10.5. The van der Waals surface area contributed by atoms with E-state index in [9.17, 15) is 10.2 Å². The van der Waals surface area contributed by atoms with Crippen LogP contribution in [0, 0.1) is 29.6 Å². The van der Waals surface area contributed by atoms with Crippen molar-refractivity contribution in [2.24, 2.45) is 17.3 Å². The number of hydrogen-bond donors (Lipinski definition) is 2. The van der Waals surface area contributed by atoms with Crippen LogP contribution in [0.2, 0.25) is 0 Å². The number of phenolic OH excluding ortho intramolecular Hbond substituents is 1. The van der Waals surface area contributed by atoms with Gasteiger partial charge >= 0.3 is 0 Å². The number of fused-ring (bicyclic) bond motifs is 5. The van der Waals surface area contributed by atoms with Crippen LogP contribution in [0.15, 0.2) is 12.1 Å². The first-order valence-corrected chi connectivity index (χ1v) is 9.01. The molecule has 1 aromatic rings. The smallest absolute Gasteiger partial charge is 0.116 e. The zero-order chi connectivity index (χ0) is 16.2. The van der Waals surface area contributed by atoms with Crippen molar-refractivity contribution in [2.45, 2.75) is 63.9 Å². The number of rotatable bonds is 1. The first-order chi connectivity index (χ1) is 11.0. The lowest BCUT2D eigenvalue weighted by Crippen LogP contribution is -2.44. The quantitative estimate of drug-likeness (QED) is 0.775. The third-order valence-corrected chi connectivity index (χ3v) is 7.13. The van der Waals surface area contributed by atoms with E-state index in [1.54, 1.807) is 0 Å². The molecule has 4 rings (SSSR count). The molecule has 0 aromatic heterocycles. The molecule has 0 spiro atoms. The lowest BCUT2D eigenvalue weighted by atomic mass is 9.55. The molecule has 23 heavy (non-hydrogen) atoms. The number of aromatic hydroxyl groups is 1. The summed E-state index contributed by atoms with van der Waals surface area (Å²) >= 11 is 0. The second-order valence-electron chi connectivity index (χ2n) is 8.11. The van der Waals surface area contributed by atoms with Gasteiger partial charge in [0.05, 0.1) is 6.10 Å². The number of hydrogen-bond acceptors (Lipinski definition) is 2. The maximum atomic E-state index is 10.5. The number of benzene rings is 1. The fourth-order valence-electron chi connectivity index (χ4n) is 6.04. The summed E-state index contributed by atoms with van der Waals surface area (Å²) in [5, 5.41) is 20.5. The minimum Gasteiger partial charge on any atom is -0.508 e. The zero-order valence-corrected chi connectivity index (χ0v) is 13.9. The highest BCUT2D eigenvalue weighted by molar-refractivity contribution is 5.47. The van der Waals surface area contributed by atoms with E-state index < -0.39 is 0 Å². The van der Waals surface area contributed by atoms with Crippen molar-refractivity contribution in [2.75, 3.05) is 0 Å². The van der Waals surface area contributed by atoms with Gasteiger partial charge in [-0.15, -0.1) is 12.3 Å². The topological polar surface area (TPSA) is 40.5 Å². The van der Waals surface area contributed by atoms with E-state index in [0.717, 1.165) is 37.7 Å². The van der Waals surface area contributed by atoms with Gasteiger partial charge in [0.2, 0.25) is 0 Å². The third kappa shape index (κ3) is 2.13. The standard InChI is InChI=1S/C21H26O2/c1-3-4-13-11-15(22)12-14-5-6-16-17(20(13)14)9-10-21(2)18(16)7-8-19(21)23/h1,11-12,16-19,22-23H,4-10H2,2H3/t16-,17+,18+,19-,21+/m1/s1. The number of aliphatic hydroxyl groups is 1. The molecule has 0 saturated heterocycles. The Morgan fingerprint density at radius 2 is 2.09 bits per heavy atom. The summed E-state index contributed by atoms with van der Waals surface area (Å²) in [6, 6.07) is 3.82. The van der Waals surface area contributed by atoms with Crippen LogP contribution in [-0.2, 0) is 12.8 Å². The van der Waals surface area contributed by atoms with Gasteiger partial charge in [-0.25, -0.2) is 0 Å². The van der Waals surface area contributed by atoms with E-state index in [0.29, 0.717) is 29.9 Å². The van der Waals surface area contributed by atoms with Crippen LogP contribution < -0.4 is 0 Å². The first-order valence-electron chi connectivity index (χ1n) is 9.01. The van der Waals surface area contributed by atoms with E-state index in [1.165, 1.54) is 17.5 Å². The van der Waals surface area contributed by atoms with E-state index in [-0.39, 0.29) is 11.5 Å². The van der Waals surface area contributed by atoms with Gasteiger partial charge in [-0.1, -0.05) is 6.92 Å². The minimum atomic E-state index is -0.125. The fourth-order valence-corrected chi connectivity index (χ4v) is 6.04. The van der Waals surface area contributed by atoms with Gasteiger partial charge in [0.1, 0.15) is 5.75 Å². The fraction of sp³-hybridized carbons (Fsp3) is 0.619. The highest BCUT2D eigenvalue weighted by atomic mass is 16.3. The summed E-state index contributed by atoms with van der Waals surface area (Å²) in [6.07, 6.45) is 12.6. The molecule has 0 amide bonds. The van der Waals surface area contributed by atoms with Gasteiger partial charge in [0.25, 0.3) is 0 Å². The molecule has 122 valence electrons. The van der Waals surface area contributed by atoms with E-state index >= 15 is 0 Å². The van der Waals surface area contributed by atoms with Crippen LogP contribution in [0.4, 0.5) is 0 Å². The van der Waals surface area contributed by atoms with Crippen LogP contribution >= 0.6 is 0 Å². The van der Waals surface area contributed by atoms with Crippen LogP contribution in [-0.4, -0.2) is 16.3 Å². The lowest BCUT2D eigenvalue weighted by molar-refractivity contribution is -0.0227. The molecule has 0 unspecified atom stereocenters. The van der Waals surface area contributed by atoms with Crippen LogP contribution in [0.3, 0.4) is 0 Å². The molecule has 2 heteroatoms. The Labute approximate surface area is 138 Å². The number of phenols is 1. The lowest BCUT2D eigenvalue weighted by Gasteiger charge is -2.50. The maximum Gasteiger partial charge on any atom is 0.116 e. The molecule has 3 aliphatic rings. The molecule has 5 atom stereocenters. The van der Waals surface area contributed by atoms with Gasteiger partial charge in [0, 0.05) is 6.42 Å². The molecule has 2 fully saturated rings. The highest BCUT2D eigenvalue weighted by Crippen LogP contribution is 2.61. The first kappa shape index (κ1) is 15.1. The molecule has 0 heterocycles. The highest BCUT2D eigenvalue weighted by Gasteiger charge is 2.54. The van der Waals surface area contributed by atoms with Crippen molar-refractivity contribution < 1.29 is 10.2 Å². The van der Waals surface area contributed by atoms with Crippen molar-refractivity contribution in [1.29, 1.82) is 0 Å². The summed E-state index contributed by atoms with van der Waals surface area (Å²) in [5.41, 5.74) is 4.00. The average molecular weight is 310 g/mol. The van der Waals surface area contributed by atoms with Crippen molar-refractivity contribution in [3.8, 4) is 18.1 Å². The van der Waals surface area contributed by atoms with Gasteiger partial charge in [-0.3, -0.25) is 0 Å². The monoisotopic (exact) mass is 310 g/mol. The number of terminal acetylenes is 1. The van der Waals surface area contributed by atoms with Crippen molar-refractivity contribution in [1.82, 2.24) is 0 Å². The molecule has 0 bridgehead atoms. The summed E-state index contributed by atoms with van der Waals surface area (Å²) in [4.78, 5) is 0. The molecule has 2 saturated carbocycles. The Morgan fingerprint density at radius 3 is 2.87 bits per heavy atom. The Balaban J connectivity index is 1.76. The van der Waals surface area contributed by atoms with Crippen LogP contribution in [0.1, 0.15) is 61.6 Å². The summed E-state index contributed by atoms with van der Waals surface area (Å²) in [6.45, 7) is 2.31. The predicted octanol–water partition coefficient (Wildman–Crippen LogP) is 3.78. The second kappa shape index (κ2) is 5.28. The molecule has 0 radical (unpaired) electrons. The summed E-state index contributed by atoms with van der Waals surface area (Å²) in [7, 11) is 0. The van der Waals surface area contributed by atoms with E-state index in [1.807, 2.05) is 12.1 Å². The third-order valence-electron chi connectivity index (χ3n) is 7.13. The Kier molecular flexibility index (Phi) is 3.46. The van der Waals surface area contributed by atoms with Gasteiger partial charge in [-0.2, -0.15) is 0 Å². The number of aryl methyl sites for hydroxylation is 1. The largest absolute Gasteiger partial charge is 0.508 e. The average Bonchev–Trinajstić information content (AvgIpc) is 2.82. The Morgan fingerprint density at radius 1 is 1.26 bits per heavy atom. The zero-order valence-electron chi connectivity index (χ0n) is 13.9. The van der Waals surface area contributed by atoms with Crippen LogP contribution in [0.5, 0.6) is 5.75 Å². The molecular formula is C21H26O2. The van der Waals surface area contributed by atoms with E-state index in [2.05, 4.69) is 12.8 Å². The Bertz CT molecular complexity index is 671. The van der Waals surface area contributed by atoms with Gasteiger partial charge < -0.3 is 10.2 Å². The SMILES string of the molecule is C#CCc1cc(O)cc2c1[C@H]1CC[C@]3(C)[C@H](O)CC[C@H]3[C@@H]1CC2. The molecule has 2 nitrogen and oxygen atoms in total. The second-order valence-corrected chi connectivity index (χ2v) is 8.11. The molecule has 0 aliphatic heterocycles. The molecular weight excluding hydrogens is 284 g/mol. The Hall–Kier alpha value is -1.46. The predicted molar refractivity (Wildman–Crippen MR) is 91.3 cm³/mol.